The van der Waals surface area contributed by atoms with Gasteiger partial charge < -0.3 is 5.32 Å². The van der Waals surface area contributed by atoms with E-state index in [9.17, 15) is 4.39 Å². The molecule has 2 atom stereocenters. The topological polar surface area (TPSA) is 12.0 Å². The smallest absolute Gasteiger partial charge is 0.123 e. The summed E-state index contributed by atoms with van der Waals surface area (Å²) in [5.74, 6) is -0.166. The number of thiophene rings is 1. The Hall–Kier alpha value is -1.19. The van der Waals surface area contributed by atoms with E-state index >= 15 is 0 Å². The first kappa shape index (κ1) is 14.7. The zero-order chi connectivity index (χ0) is 14.8. The Balaban J connectivity index is 1.70. The Bertz CT molecular complexity index is 596. The van der Waals surface area contributed by atoms with Gasteiger partial charge in [-0.05, 0) is 68.9 Å². The van der Waals surface area contributed by atoms with Gasteiger partial charge in [0.1, 0.15) is 5.82 Å². The van der Waals surface area contributed by atoms with E-state index in [0.29, 0.717) is 6.04 Å². The monoisotopic (exact) mass is 303 g/mol. The van der Waals surface area contributed by atoms with Crippen LogP contribution in [0.5, 0.6) is 0 Å². The minimum Gasteiger partial charge on any atom is -0.303 e. The summed E-state index contributed by atoms with van der Waals surface area (Å²) in [6.07, 6.45) is 5.13. The molecule has 2 aromatic rings. The Morgan fingerprint density at radius 2 is 1.90 bits per heavy atom. The maximum atomic E-state index is 13.3. The molecule has 1 N–H and O–H groups in total. The number of aryl methyl sites for hydroxylation is 2. The molecule has 1 aliphatic rings. The van der Waals surface area contributed by atoms with E-state index in [4.69, 9.17) is 0 Å². The normalized spacial score (nSPS) is 17.3. The van der Waals surface area contributed by atoms with Crippen molar-refractivity contribution in [1.82, 2.24) is 5.32 Å². The van der Waals surface area contributed by atoms with Crippen LogP contribution in [0.4, 0.5) is 4.39 Å². The molecule has 1 nitrogen and oxygen atoms in total. The van der Waals surface area contributed by atoms with Crippen LogP contribution < -0.4 is 5.32 Å². The average Bonchev–Trinajstić information content (AvgIpc) is 2.91. The highest BCUT2D eigenvalue weighted by Crippen LogP contribution is 2.33. The van der Waals surface area contributed by atoms with Crippen molar-refractivity contribution in [1.29, 1.82) is 0 Å². The predicted molar refractivity (Wildman–Crippen MR) is 87.3 cm³/mol. The lowest BCUT2D eigenvalue weighted by Gasteiger charge is -2.19. The number of fused-ring (bicyclic) bond motifs is 1. The summed E-state index contributed by atoms with van der Waals surface area (Å²) in [5, 5.41) is 3.59. The molecule has 112 valence electrons. The van der Waals surface area contributed by atoms with Gasteiger partial charge in [0.05, 0.1) is 0 Å². The van der Waals surface area contributed by atoms with Gasteiger partial charge in [0.15, 0.2) is 0 Å². The SMILES string of the molecule is CC(NC(C)c1cc2c(s1)CCCC2)c1cccc(F)c1. The number of hydrogen-bond acceptors (Lipinski definition) is 2. The summed E-state index contributed by atoms with van der Waals surface area (Å²) in [7, 11) is 0. The molecule has 1 aliphatic carbocycles. The lowest BCUT2D eigenvalue weighted by atomic mass is 9.99. The molecule has 0 saturated carbocycles. The van der Waals surface area contributed by atoms with Crippen LogP contribution >= 0.6 is 11.3 Å². The summed E-state index contributed by atoms with van der Waals surface area (Å²) in [6.45, 7) is 4.30. The van der Waals surface area contributed by atoms with Crippen LogP contribution in [0.25, 0.3) is 0 Å². The lowest BCUT2D eigenvalue weighted by Crippen LogP contribution is -2.21. The largest absolute Gasteiger partial charge is 0.303 e. The average molecular weight is 303 g/mol. The number of nitrogens with one attached hydrogen (secondary N) is 1. The Labute approximate surface area is 130 Å². The van der Waals surface area contributed by atoms with Crippen molar-refractivity contribution in [2.24, 2.45) is 0 Å². The van der Waals surface area contributed by atoms with Crippen LogP contribution in [-0.4, -0.2) is 0 Å². The van der Waals surface area contributed by atoms with Crippen molar-refractivity contribution >= 4 is 11.3 Å². The molecular weight excluding hydrogens is 281 g/mol. The Morgan fingerprint density at radius 1 is 1.10 bits per heavy atom. The third-order valence-electron chi connectivity index (χ3n) is 4.29. The van der Waals surface area contributed by atoms with Gasteiger partial charge in [-0.1, -0.05) is 12.1 Å². The fraction of sp³-hybridized carbons (Fsp3) is 0.444. The number of rotatable bonds is 4. The molecule has 0 saturated heterocycles. The molecule has 0 bridgehead atoms. The Kier molecular flexibility index (Phi) is 4.41. The van der Waals surface area contributed by atoms with E-state index < -0.39 is 0 Å². The number of hydrogen-bond donors (Lipinski definition) is 1. The van der Waals surface area contributed by atoms with Crippen LogP contribution in [-0.2, 0) is 12.8 Å². The first-order valence-electron chi connectivity index (χ1n) is 7.76. The van der Waals surface area contributed by atoms with Crippen LogP contribution in [0.15, 0.2) is 30.3 Å². The summed E-state index contributed by atoms with van der Waals surface area (Å²) in [5.41, 5.74) is 2.55. The molecule has 1 aromatic heterocycles. The molecule has 0 spiro atoms. The molecule has 0 radical (unpaired) electrons. The van der Waals surface area contributed by atoms with Crippen molar-refractivity contribution in [3.8, 4) is 0 Å². The standard InChI is InChI=1S/C18H22FNS/c1-12(14-7-5-8-16(19)10-14)20-13(2)18-11-15-6-3-4-9-17(15)21-18/h5,7-8,10-13,20H,3-4,6,9H2,1-2H3. The summed E-state index contributed by atoms with van der Waals surface area (Å²) < 4.78 is 13.3. The van der Waals surface area contributed by atoms with Crippen molar-refractivity contribution in [3.05, 3.63) is 57.0 Å². The second-order valence-electron chi connectivity index (χ2n) is 5.97. The Morgan fingerprint density at radius 3 is 2.67 bits per heavy atom. The second-order valence-corrected chi connectivity index (χ2v) is 7.14. The van der Waals surface area contributed by atoms with Crippen molar-refractivity contribution in [3.63, 3.8) is 0 Å². The van der Waals surface area contributed by atoms with Gasteiger partial charge in [0.25, 0.3) is 0 Å². The fourth-order valence-corrected chi connectivity index (χ4v) is 4.33. The predicted octanol–water partition coefficient (Wildman–Crippen LogP) is 5.18. The van der Waals surface area contributed by atoms with Crippen LogP contribution in [0.1, 0.15) is 59.7 Å². The van der Waals surface area contributed by atoms with E-state index in [1.165, 1.54) is 36.6 Å². The van der Waals surface area contributed by atoms with E-state index in [-0.39, 0.29) is 11.9 Å². The van der Waals surface area contributed by atoms with E-state index in [0.717, 1.165) is 5.56 Å². The van der Waals surface area contributed by atoms with Gasteiger partial charge in [-0.25, -0.2) is 4.39 Å². The zero-order valence-corrected chi connectivity index (χ0v) is 13.5. The van der Waals surface area contributed by atoms with Crippen molar-refractivity contribution in [2.75, 3.05) is 0 Å². The quantitative estimate of drug-likeness (QED) is 0.821. The third-order valence-corrected chi connectivity index (χ3v) is 5.71. The van der Waals surface area contributed by atoms with Crippen molar-refractivity contribution < 1.29 is 4.39 Å². The van der Waals surface area contributed by atoms with Crippen LogP contribution in [0, 0.1) is 5.82 Å². The molecule has 1 aromatic carbocycles. The van der Waals surface area contributed by atoms with Crippen LogP contribution in [0.3, 0.4) is 0 Å². The first-order chi connectivity index (χ1) is 10.1. The van der Waals surface area contributed by atoms with Gasteiger partial charge in [-0.15, -0.1) is 11.3 Å². The summed E-state index contributed by atoms with van der Waals surface area (Å²) in [6, 6.07) is 9.68. The molecule has 2 unspecified atom stereocenters. The molecule has 3 heteroatoms. The van der Waals surface area contributed by atoms with Gasteiger partial charge in [0, 0.05) is 21.8 Å². The highest BCUT2D eigenvalue weighted by molar-refractivity contribution is 7.12. The zero-order valence-electron chi connectivity index (χ0n) is 12.7. The minimum absolute atomic E-state index is 0.148. The summed E-state index contributed by atoms with van der Waals surface area (Å²) >= 11 is 1.95. The number of halogens is 1. The molecular formula is C18H22FNS. The molecule has 0 amide bonds. The molecule has 0 aliphatic heterocycles. The molecule has 21 heavy (non-hydrogen) atoms. The van der Waals surface area contributed by atoms with Gasteiger partial charge in [-0.2, -0.15) is 0 Å². The van der Waals surface area contributed by atoms with E-state index in [1.54, 1.807) is 22.6 Å². The molecule has 1 heterocycles. The lowest BCUT2D eigenvalue weighted by molar-refractivity contribution is 0.497. The van der Waals surface area contributed by atoms with Crippen LogP contribution in [0.2, 0.25) is 0 Å². The summed E-state index contributed by atoms with van der Waals surface area (Å²) in [4.78, 5) is 2.98. The number of benzene rings is 1. The van der Waals surface area contributed by atoms with E-state index in [2.05, 4.69) is 25.2 Å². The molecule has 0 fully saturated rings. The highest BCUT2D eigenvalue weighted by atomic mass is 32.1. The third kappa shape index (κ3) is 3.35. The molecule has 3 rings (SSSR count). The minimum atomic E-state index is -0.166. The fourth-order valence-electron chi connectivity index (χ4n) is 3.06. The highest BCUT2D eigenvalue weighted by Gasteiger charge is 2.18. The van der Waals surface area contributed by atoms with Crippen molar-refractivity contribution in [2.45, 2.75) is 51.6 Å². The van der Waals surface area contributed by atoms with Gasteiger partial charge in [-0.3, -0.25) is 0 Å². The maximum absolute atomic E-state index is 13.3. The second kappa shape index (κ2) is 6.29. The van der Waals surface area contributed by atoms with E-state index in [1.807, 2.05) is 17.4 Å². The first-order valence-corrected chi connectivity index (χ1v) is 8.58. The van der Waals surface area contributed by atoms with Gasteiger partial charge in [0.2, 0.25) is 0 Å². The maximum Gasteiger partial charge on any atom is 0.123 e. The van der Waals surface area contributed by atoms with Gasteiger partial charge >= 0.3 is 0 Å².